The van der Waals surface area contributed by atoms with Crippen molar-refractivity contribution in [2.45, 2.75) is 46.5 Å². The minimum atomic E-state index is -1.45. The summed E-state index contributed by atoms with van der Waals surface area (Å²) in [5.74, 6) is -1.14. The van der Waals surface area contributed by atoms with E-state index in [4.69, 9.17) is 4.74 Å². The Balaban J connectivity index is 2.75. The average molecular weight is 372 g/mol. The first kappa shape index (κ1) is 20.4. The van der Waals surface area contributed by atoms with Crippen LogP contribution in [0.1, 0.15) is 66.6 Å². The van der Waals surface area contributed by atoms with Crippen LogP contribution in [0.5, 0.6) is 5.75 Å². The largest absolute Gasteiger partial charge is 0.494 e. The van der Waals surface area contributed by atoms with Gasteiger partial charge in [0.2, 0.25) is 11.1 Å². The highest BCUT2D eigenvalue weighted by molar-refractivity contribution is 5.99. The fraction of sp³-hybridized carbons (Fsp3) is 0.400. The molecule has 7 heteroatoms. The van der Waals surface area contributed by atoms with E-state index in [0.717, 1.165) is 0 Å². The highest BCUT2D eigenvalue weighted by Crippen LogP contribution is 2.19. The number of hydrogen-bond donors (Lipinski definition) is 1. The number of ether oxygens (including phenoxy) is 1. The highest BCUT2D eigenvalue weighted by Gasteiger charge is 2.25. The third kappa shape index (κ3) is 4.42. The van der Waals surface area contributed by atoms with Crippen LogP contribution in [-0.2, 0) is 6.42 Å². The van der Waals surface area contributed by atoms with E-state index in [9.17, 15) is 19.5 Å². The van der Waals surface area contributed by atoms with Gasteiger partial charge in [0.1, 0.15) is 5.75 Å². The predicted octanol–water partition coefficient (Wildman–Crippen LogP) is 3.26. The summed E-state index contributed by atoms with van der Waals surface area (Å²) in [6.45, 7) is 6.16. The Labute approximate surface area is 157 Å². The van der Waals surface area contributed by atoms with Gasteiger partial charge in [-0.1, -0.05) is 20.3 Å². The van der Waals surface area contributed by atoms with Crippen molar-refractivity contribution in [1.82, 2.24) is 9.78 Å². The number of benzene rings is 1. The summed E-state index contributed by atoms with van der Waals surface area (Å²) < 4.78 is 6.82. The molecule has 0 saturated carbocycles. The van der Waals surface area contributed by atoms with Crippen LogP contribution in [0.3, 0.4) is 0 Å². The van der Waals surface area contributed by atoms with Crippen molar-refractivity contribution >= 4 is 11.8 Å². The van der Waals surface area contributed by atoms with Crippen LogP contribution in [0.25, 0.3) is 5.69 Å². The van der Waals surface area contributed by atoms with Gasteiger partial charge >= 0.3 is 5.97 Å². The van der Waals surface area contributed by atoms with Crippen LogP contribution >= 0.6 is 0 Å². The van der Waals surface area contributed by atoms with Crippen molar-refractivity contribution in [1.29, 1.82) is 0 Å². The Kier molecular flexibility index (Phi) is 6.87. The van der Waals surface area contributed by atoms with Gasteiger partial charge in [-0.3, -0.25) is 9.59 Å². The van der Waals surface area contributed by atoms with E-state index in [2.05, 4.69) is 5.10 Å². The summed E-state index contributed by atoms with van der Waals surface area (Å²) in [6, 6.07) is 6.92. The van der Waals surface area contributed by atoms with Crippen molar-refractivity contribution in [3.63, 3.8) is 0 Å². The monoisotopic (exact) mass is 372 g/mol. The number of carboxylic acid groups (broad SMARTS) is 1. The maximum atomic E-state index is 12.6. The first-order valence-corrected chi connectivity index (χ1v) is 9.10. The SMILES string of the molecule is CCCC(=O)c1c(CCC)n(-c2ccc(OCC)cc2)nc(C(=O)O)c1=O. The maximum Gasteiger partial charge on any atom is 0.360 e. The molecule has 0 aliphatic rings. The summed E-state index contributed by atoms with van der Waals surface area (Å²) in [7, 11) is 0. The van der Waals surface area contributed by atoms with Crippen LogP contribution in [-0.4, -0.2) is 33.2 Å². The summed E-state index contributed by atoms with van der Waals surface area (Å²) in [6.07, 6.45) is 1.85. The van der Waals surface area contributed by atoms with Gasteiger partial charge < -0.3 is 9.84 Å². The van der Waals surface area contributed by atoms with Crippen molar-refractivity contribution in [2.24, 2.45) is 0 Å². The number of hydrogen-bond acceptors (Lipinski definition) is 5. The number of aromatic carboxylic acids is 1. The van der Waals surface area contributed by atoms with Crippen molar-refractivity contribution in [3.05, 3.63) is 51.4 Å². The Bertz CT molecular complexity index is 884. The van der Waals surface area contributed by atoms with E-state index in [1.165, 1.54) is 4.68 Å². The molecular formula is C20H24N2O5. The first-order valence-electron chi connectivity index (χ1n) is 9.10. The van der Waals surface area contributed by atoms with Crippen molar-refractivity contribution in [2.75, 3.05) is 6.61 Å². The second kappa shape index (κ2) is 9.12. The molecule has 7 nitrogen and oxygen atoms in total. The second-order valence-electron chi connectivity index (χ2n) is 6.07. The Morgan fingerprint density at radius 3 is 2.30 bits per heavy atom. The van der Waals surface area contributed by atoms with Gasteiger partial charge in [0.15, 0.2) is 5.78 Å². The Morgan fingerprint density at radius 1 is 1.11 bits per heavy atom. The molecule has 2 rings (SSSR count). The smallest absolute Gasteiger partial charge is 0.360 e. The molecule has 1 heterocycles. The molecular weight excluding hydrogens is 348 g/mol. The average Bonchev–Trinajstić information content (AvgIpc) is 2.63. The molecule has 0 fully saturated rings. The molecule has 0 aliphatic heterocycles. The van der Waals surface area contributed by atoms with Crippen LogP contribution < -0.4 is 10.2 Å². The number of ketones is 1. The number of rotatable bonds is 9. The van der Waals surface area contributed by atoms with Gasteiger partial charge in [0.05, 0.1) is 23.6 Å². The van der Waals surface area contributed by atoms with Gasteiger partial charge in [-0.2, -0.15) is 5.10 Å². The highest BCUT2D eigenvalue weighted by atomic mass is 16.5. The molecule has 1 aromatic carbocycles. The number of carboxylic acids is 1. The molecule has 0 saturated heterocycles. The fourth-order valence-corrected chi connectivity index (χ4v) is 2.87. The molecule has 0 spiro atoms. The molecule has 1 aromatic heterocycles. The molecule has 2 aromatic rings. The first-order chi connectivity index (χ1) is 12.9. The van der Waals surface area contributed by atoms with Crippen LogP contribution in [0.4, 0.5) is 0 Å². The molecule has 0 radical (unpaired) electrons. The minimum absolute atomic E-state index is 0.0695. The zero-order valence-electron chi connectivity index (χ0n) is 15.8. The second-order valence-corrected chi connectivity index (χ2v) is 6.07. The lowest BCUT2D eigenvalue weighted by atomic mass is 10.0. The molecule has 0 atom stereocenters. The Hall–Kier alpha value is -2.96. The van der Waals surface area contributed by atoms with Crippen LogP contribution in [0.15, 0.2) is 29.1 Å². The fourth-order valence-electron chi connectivity index (χ4n) is 2.87. The molecule has 1 N–H and O–H groups in total. The van der Waals surface area contributed by atoms with E-state index in [0.29, 0.717) is 43.0 Å². The predicted molar refractivity (Wildman–Crippen MR) is 101 cm³/mol. The number of Topliss-reactive ketones (excluding diaryl/α,β-unsaturated/α-hetero) is 1. The van der Waals surface area contributed by atoms with Gasteiger partial charge in [-0.05, 0) is 44.0 Å². The van der Waals surface area contributed by atoms with Crippen LogP contribution in [0, 0.1) is 0 Å². The lowest BCUT2D eigenvalue weighted by molar-refractivity contribution is 0.0686. The van der Waals surface area contributed by atoms with E-state index < -0.39 is 17.1 Å². The van der Waals surface area contributed by atoms with Gasteiger partial charge in [-0.25, -0.2) is 9.48 Å². The van der Waals surface area contributed by atoms with Crippen molar-refractivity contribution < 1.29 is 19.4 Å². The van der Waals surface area contributed by atoms with Gasteiger partial charge in [0.25, 0.3) is 0 Å². The molecule has 0 aliphatic carbocycles. The van der Waals surface area contributed by atoms with E-state index in [-0.39, 0.29) is 17.8 Å². The zero-order valence-corrected chi connectivity index (χ0v) is 15.8. The quantitative estimate of drug-likeness (QED) is 0.678. The van der Waals surface area contributed by atoms with E-state index in [1.54, 1.807) is 24.3 Å². The molecule has 144 valence electrons. The molecule has 0 amide bonds. The zero-order chi connectivity index (χ0) is 20.0. The molecule has 0 unspecified atom stereocenters. The number of nitrogens with zero attached hydrogens (tertiary/aromatic N) is 2. The topological polar surface area (TPSA) is 98.5 Å². The van der Waals surface area contributed by atoms with E-state index in [1.807, 2.05) is 20.8 Å². The summed E-state index contributed by atoms with van der Waals surface area (Å²) in [5, 5.41) is 13.5. The number of aromatic nitrogens is 2. The number of carbonyl (C=O) groups is 2. The van der Waals surface area contributed by atoms with E-state index >= 15 is 0 Å². The summed E-state index contributed by atoms with van der Waals surface area (Å²) in [4.78, 5) is 36.8. The Morgan fingerprint density at radius 2 is 1.78 bits per heavy atom. The van der Waals surface area contributed by atoms with Crippen molar-refractivity contribution in [3.8, 4) is 11.4 Å². The third-order valence-electron chi connectivity index (χ3n) is 4.02. The van der Waals surface area contributed by atoms with Crippen LogP contribution in [0.2, 0.25) is 0 Å². The lowest BCUT2D eigenvalue weighted by Gasteiger charge is -2.17. The normalized spacial score (nSPS) is 10.6. The van der Waals surface area contributed by atoms with Gasteiger partial charge in [-0.15, -0.1) is 0 Å². The summed E-state index contributed by atoms with van der Waals surface area (Å²) in [5.41, 5.74) is -0.528. The number of carbonyl (C=O) groups excluding carboxylic acids is 1. The lowest BCUT2D eigenvalue weighted by Crippen LogP contribution is -2.31. The summed E-state index contributed by atoms with van der Waals surface area (Å²) >= 11 is 0. The van der Waals surface area contributed by atoms with Gasteiger partial charge in [0, 0.05) is 6.42 Å². The molecule has 27 heavy (non-hydrogen) atoms. The molecule has 0 bridgehead atoms. The third-order valence-corrected chi connectivity index (χ3v) is 4.02. The maximum absolute atomic E-state index is 12.6. The standard InChI is InChI=1S/C20H24N2O5/c1-4-7-15-17(16(23)8-5-2)19(24)18(20(25)26)21-22(15)13-9-11-14(12-10-13)27-6-3/h9-12H,4-8H2,1-3H3,(H,25,26). The minimum Gasteiger partial charge on any atom is -0.494 e.